The lowest BCUT2D eigenvalue weighted by molar-refractivity contribution is 0.0603. The van der Waals surface area contributed by atoms with Gasteiger partial charge in [0.15, 0.2) is 0 Å². The first-order chi connectivity index (χ1) is 8.62. The predicted octanol–water partition coefficient (Wildman–Crippen LogP) is 0.427. The molecule has 0 aromatic rings. The lowest BCUT2D eigenvalue weighted by atomic mass is 10.0. The van der Waals surface area contributed by atoms with Gasteiger partial charge in [0.1, 0.15) is 0 Å². The zero-order chi connectivity index (χ0) is 13.0. The third-order valence-electron chi connectivity index (χ3n) is 3.97. The Balaban J connectivity index is 1.86. The number of hydrogen-bond donors (Lipinski definition) is 1. The molecule has 0 aromatic heterocycles. The molecule has 2 rings (SSSR count). The van der Waals surface area contributed by atoms with Gasteiger partial charge in [0.2, 0.25) is 10.0 Å². The Morgan fingerprint density at radius 1 is 1.28 bits per heavy atom. The molecule has 2 aliphatic heterocycles. The van der Waals surface area contributed by atoms with Crippen LogP contribution in [-0.2, 0) is 14.8 Å². The van der Waals surface area contributed by atoms with Crippen molar-refractivity contribution in [3.8, 4) is 0 Å². The number of nitrogens with one attached hydrogen (secondary N) is 1. The molecule has 1 N–H and O–H groups in total. The molecule has 6 heteroatoms. The van der Waals surface area contributed by atoms with Gasteiger partial charge < -0.3 is 10.1 Å². The molecule has 18 heavy (non-hydrogen) atoms. The first-order valence-electron chi connectivity index (χ1n) is 6.83. The van der Waals surface area contributed by atoms with Crippen LogP contribution in [0.5, 0.6) is 0 Å². The van der Waals surface area contributed by atoms with Gasteiger partial charge in [0.25, 0.3) is 0 Å². The van der Waals surface area contributed by atoms with Gasteiger partial charge in [-0.15, -0.1) is 0 Å². The second-order valence-electron chi connectivity index (χ2n) is 5.33. The molecule has 0 aromatic carbocycles. The minimum Gasteiger partial charge on any atom is -0.381 e. The van der Waals surface area contributed by atoms with Crippen LogP contribution in [0.4, 0.5) is 0 Å². The van der Waals surface area contributed by atoms with Crippen LogP contribution in [0.3, 0.4) is 0 Å². The van der Waals surface area contributed by atoms with E-state index >= 15 is 0 Å². The molecular formula is C12H24N2O3S. The van der Waals surface area contributed by atoms with Crippen molar-refractivity contribution in [1.82, 2.24) is 9.62 Å². The molecule has 1 atom stereocenters. The summed E-state index contributed by atoms with van der Waals surface area (Å²) in [5.41, 5.74) is 0. The normalized spacial score (nSPS) is 28.4. The Labute approximate surface area is 110 Å². The molecule has 2 aliphatic rings. The zero-order valence-corrected chi connectivity index (χ0v) is 11.9. The van der Waals surface area contributed by atoms with E-state index in [2.05, 4.69) is 5.32 Å². The van der Waals surface area contributed by atoms with E-state index in [4.69, 9.17) is 4.74 Å². The number of nitrogens with zero attached hydrogens (tertiary/aromatic N) is 1. The highest BCUT2D eigenvalue weighted by Crippen LogP contribution is 2.20. The molecule has 1 unspecified atom stereocenters. The van der Waals surface area contributed by atoms with Crippen LogP contribution in [-0.4, -0.2) is 57.9 Å². The van der Waals surface area contributed by atoms with Gasteiger partial charge in [-0.25, -0.2) is 12.7 Å². The smallest absolute Gasteiger partial charge is 0.214 e. The second kappa shape index (κ2) is 6.32. The average Bonchev–Trinajstić information content (AvgIpc) is 2.39. The maximum atomic E-state index is 12.3. The van der Waals surface area contributed by atoms with Gasteiger partial charge in [-0.2, -0.15) is 0 Å². The lowest BCUT2D eigenvalue weighted by Gasteiger charge is -2.32. The number of hydrogen-bond acceptors (Lipinski definition) is 4. The van der Waals surface area contributed by atoms with Gasteiger partial charge in [-0.05, 0) is 44.7 Å². The summed E-state index contributed by atoms with van der Waals surface area (Å²) in [4.78, 5) is 0. The van der Waals surface area contributed by atoms with Gasteiger partial charge in [-0.1, -0.05) is 0 Å². The van der Waals surface area contributed by atoms with E-state index in [9.17, 15) is 8.42 Å². The first-order valence-corrected chi connectivity index (χ1v) is 8.44. The third kappa shape index (κ3) is 3.66. The van der Waals surface area contributed by atoms with Crippen LogP contribution in [0.2, 0.25) is 0 Å². The molecule has 0 aliphatic carbocycles. The van der Waals surface area contributed by atoms with Crippen molar-refractivity contribution in [3.05, 3.63) is 0 Å². The minimum atomic E-state index is -3.08. The molecular weight excluding hydrogens is 252 g/mol. The summed E-state index contributed by atoms with van der Waals surface area (Å²) in [6, 6.07) is 0. The van der Waals surface area contributed by atoms with Crippen LogP contribution in [0.25, 0.3) is 0 Å². The highest BCUT2D eigenvalue weighted by atomic mass is 32.2. The van der Waals surface area contributed by atoms with E-state index in [-0.39, 0.29) is 12.0 Å². The van der Waals surface area contributed by atoms with Crippen LogP contribution in [0, 0.1) is 5.92 Å². The summed E-state index contributed by atoms with van der Waals surface area (Å²) in [6.45, 7) is 3.09. The summed E-state index contributed by atoms with van der Waals surface area (Å²) in [7, 11) is -1.38. The Morgan fingerprint density at radius 2 is 2.00 bits per heavy atom. The monoisotopic (exact) mass is 276 g/mol. The van der Waals surface area contributed by atoms with Crippen LogP contribution >= 0.6 is 0 Å². The number of sulfonamides is 1. The highest BCUT2D eigenvalue weighted by Gasteiger charge is 2.30. The molecule has 0 spiro atoms. The fourth-order valence-corrected chi connectivity index (χ4v) is 4.67. The lowest BCUT2D eigenvalue weighted by Crippen LogP contribution is -2.44. The van der Waals surface area contributed by atoms with Crippen molar-refractivity contribution in [1.29, 1.82) is 0 Å². The van der Waals surface area contributed by atoms with E-state index in [0.717, 1.165) is 38.8 Å². The van der Waals surface area contributed by atoms with E-state index < -0.39 is 10.0 Å². The predicted molar refractivity (Wildman–Crippen MR) is 71.0 cm³/mol. The summed E-state index contributed by atoms with van der Waals surface area (Å²) < 4.78 is 31.5. The summed E-state index contributed by atoms with van der Waals surface area (Å²) in [6.07, 6.45) is 3.98. The van der Waals surface area contributed by atoms with Crippen molar-refractivity contribution in [3.63, 3.8) is 0 Å². The standard InChI is InChI=1S/C12H24N2O3S/c1-17-12-4-7-14(8-5-12)18(15,16)10-11-3-2-6-13-9-11/h11-13H,2-10H2,1H3. The minimum absolute atomic E-state index is 0.229. The molecule has 2 saturated heterocycles. The number of methoxy groups -OCH3 is 1. The quantitative estimate of drug-likeness (QED) is 0.809. The summed E-state index contributed by atoms with van der Waals surface area (Å²) in [5.74, 6) is 0.585. The molecule has 2 fully saturated rings. The molecule has 0 bridgehead atoms. The fraction of sp³-hybridized carbons (Fsp3) is 1.00. The Morgan fingerprint density at radius 3 is 2.56 bits per heavy atom. The van der Waals surface area contributed by atoms with E-state index in [1.807, 2.05) is 0 Å². The van der Waals surface area contributed by atoms with Crippen molar-refractivity contribution in [2.24, 2.45) is 5.92 Å². The second-order valence-corrected chi connectivity index (χ2v) is 7.34. The third-order valence-corrected chi connectivity index (χ3v) is 6.02. The van der Waals surface area contributed by atoms with Crippen molar-refractivity contribution >= 4 is 10.0 Å². The molecule has 5 nitrogen and oxygen atoms in total. The average molecular weight is 276 g/mol. The molecule has 0 amide bonds. The van der Waals surface area contributed by atoms with Crippen LogP contribution in [0.1, 0.15) is 25.7 Å². The van der Waals surface area contributed by atoms with Crippen molar-refractivity contribution in [2.75, 3.05) is 39.0 Å². The Kier molecular flexibility index (Phi) is 5.00. The number of ether oxygens (including phenoxy) is 1. The van der Waals surface area contributed by atoms with E-state index in [1.165, 1.54) is 0 Å². The van der Waals surface area contributed by atoms with Crippen LogP contribution in [0.15, 0.2) is 0 Å². The van der Waals surface area contributed by atoms with Crippen molar-refractivity contribution in [2.45, 2.75) is 31.8 Å². The Hall–Kier alpha value is -0.170. The largest absolute Gasteiger partial charge is 0.381 e. The number of piperidine rings is 2. The molecule has 0 saturated carbocycles. The number of rotatable bonds is 4. The van der Waals surface area contributed by atoms with Gasteiger partial charge in [0.05, 0.1) is 11.9 Å². The topological polar surface area (TPSA) is 58.6 Å². The summed E-state index contributed by atoms with van der Waals surface area (Å²) >= 11 is 0. The maximum absolute atomic E-state index is 12.3. The zero-order valence-electron chi connectivity index (χ0n) is 11.1. The van der Waals surface area contributed by atoms with Gasteiger partial charge in [0, 0.05) is 20.2 Å². The van der Waals surface area contributed by atoms with Gasteiger partial charge in [-0.3, -0.25) is 0 Å². The maximum Gasteiger partial charge on any atom is 0.214 e. The molecule has 2 heterocycles. The highest BCUT2D eigenvalue weighted by molar-refractivity contribution is 7.89. The van der Waals surface area contributed by atoms with Gasteiger partial charge >= 0.3 is 0 Å². The van der Waals surface area contributed by atoms with Crippen molar-refractivity contribution < 1.29 is 13.2 Å². The molecule has 106 valence electrons. The summed E-state index contributed by atoms with van der Waals surface area (Å²) in [5, 5.41) is 3.27. The first kappa shape index (κ1) is 14.2. The molecule has 0 radical (unpaired) electrons. The fourth-order valence-electron chi connectivity index (χ4n) is 2.82. The van der Waals surface area contributed by atoms with E-state index in [0.29, 0.717) is 18.8 Å². The van der Waals surface area contributed by atoms with Crippen LogP contribution < -0.4 is 5.32 Å². The Bertz CT molecular complexity index is 344. The van der Waals surface area contributed by atoms with E-state index in [1.54, 1.807) is 11.4 Å². The SMILES string of the molecule is COC1CCN(S(=O)(=O)CC2CCCNC2)CC1.